The summed E-state index contributed by atoms with van der Waals surface area (Å²) in [5, 5.41) is 0.282. The highest BCUT2D eigenvalue weighted by Gasteiger charge is 2.42. The second-order valence-corrected chi connectivity index (χ2v) is 12.8. The second kappa shape index (κ2) is 5.82. The maximum absolute atomic E-state index is 6.38. The molecule has 2 rings (SSSR count). The normalized spacial score (nSPS) is 23.3. The first-order chi connectivity index (χ1) is 9.17. The van der Waals surface area contributed by atoms with E-state index in [9.17, 15) is 0 Å². The van der Waals surface area contributed by atoms with Gasteiger partial charge in [0, 0.05) is 17.3 Å². The minimum absolute atomic E-state index is 0.282. The van der Waals surface area contributed by atoms with Gasteiger partial charge in [0.1, 0.15) is 11.9 Å². The summed E-state index contributed by atoms with van der Waals surface area (Å²) in [5.74, 6) is 0.948. The summed E-state index contributed by atoms with van der Waals surface area (Å²) in [7, 11) is -1.63. The zero-order valence-corrected chi connectivity index (χ0v) is 15.7. The summed E-state index contributed by atoms with van der Waals surface area (Å²) in [6, 6.07) is 8.04. The summed E-state index contributed by atoms with van der Waals surface area (Å²) in [6.07, 6.45) is 2.73. The van der Waals surface area contributed by atoms with Crippen molar-refractivity contribution in [3.63, 3.8) is 0 Å². The largest absolute Gasteiger partial charge is 0.490 e. The Kier molecular flexibility index (Phi) is 4.67. The fraction of sp³-hybridized carbons (Fsp3) is 0.625. The maximum atomic E-state index is 6.38. The summed E-state index contributed by atoms with van der Waals surface area (Å²) < 4.78 is 13.4. The number of hydrogen-bond acceptors (Lipinski definition) is 2. The average molecular weight is 357 g/mol. The molecule has 0 heterocycles. The standard InChI is InChI=1S/C16H25BrO2Si/c1-16(2,3)20(4,5)19-15-10-14(11-15)18-13-8-6-12(17)7-9-13/h6-9,14-15H,10-11H2,1-5H3/t14-,15-. The van der Waals surface area contributed by atoms with Gasteiger partial charge in [-0.25, -0.2) is 0 Å². The molecular formula is C16H25BrO2Si. The van der Waals surface area contributed by atoms with E-state index in [4.69, 9.17) is 9.16 Å². The molecule has 4 heteroatoms. The molecule has 112 valence electrons. The van der Waals surface area contributed by atoms with Crippen LogP contribution in [0, 0.1) is 0 Å². The van der Waals surface area contributed by atoms with Crippen LogP contribution < -0.4 is 4.74 Å². The Balaban J connectivity index is 1.79. The van der Waals surface area contributed by atoms with Crippen molar-refractivity contribution in [2.24, 2.45) is 0 Å². The minimum atomic E-state index is -1.63. The van der Waals surface area contributed by atoms with Gasteiger partial charge in [-0.15, -0.1) is 0 Å². The topological polar surface area (TPSA) is 18.5 Å². The molecule has 1 aliphatic rings. The molecule has 0 N–H and O–H groups in total. The molecule has 20 heavy (non-hydrogen) atoms. The Labute approximate surface area is 132 Å². The summed E-state index contributed by atoms with van der Waals surface area (Å²) in [5.41, 5.74) is 0. The van der Waals surface area contributed by atoms with Gasteiger partial charge in [-0.2, -0.15) is 0 Å². The summed E-state index contributed by atoms with van der Waals surface area (Å²) in [4.78, 5) is 0. The van der Waals surface area contributed by atoms with Crippen molar-refractivity contribution in [3.05, 3.63) is 28.7 Å². The van der Waals surface area contributed by atoms with E-state index in [-0.39, 0.29) is 5.04 Å². The minimum Gasteiger partial charge on any atom is -0.490 e. The molecule has 1 aromatic carbocycles. The third-order valence-corrected chi connectivity index (χ3v) is 9.50. The van der Waals surface area contributed by atoms with Gasteiger partial charge < -0.3 is 9.16 Å². The zero-order chi connectivity index (χ0) is 15.0. The van der Waals surface area contributed by atoms with Crippen LogP contribution in [0.2, 0.25) is 18.1 Å². The lowest BCUT2D eigenvalue weighted by Crippen LogP contribution is -2.50. The smallest absolute Gasteiger partial charge is 0.192 e. The van der Waals surface area contributed by atoms with E-state index in [0.717, 1.165) is 23.1 Å². The molecule has 0 saturated heterocycles. The van der Waals surface area contributed by atoms with Crippen molar-refractivity contribution in [1.82, 2.24) is 0 Å². The Morgan fingerprint density at radius 2 is 1.60 bits per heavy atom. The Morgan fingerprint density at radius 1 is 1.05 bits per heavy atom. The Bertz CT molecular complexity index is 445. The first kappa shape index (κ1) is 16.1. The van der Waals surface area contributed by atoms with Crippen molar-refractivity contribution < 1.29 is 9.16 Å². The Hall–Kier alpha value is -0.323. The quantitative estimate of drug-likeness (QED) is 0.674. The highest BCUT2D eigenvalue weighted by Crippen LogP contribution is 2.40. The van der Waals surface area contributed by atoms with E-state index in [2.05, 4.69) is 49.8 Å². The van der Waals surface area contributed by atoms with Gasteiger partial charge in [0.25, 0.3) is 0 Å². The average Bonchev–Trinajstić information content (AvgIpc) is 2.27. The number of halogens is 1. The van der Waals surface area contributed by atoms with Crippen molar-refractivity contribution in [1.29, 1.82) is 0 Å². The number of hydrogen-bond donors (Lipinski definition) is 0. The van der Waals surface area contributed by atoms with Crippen LogP contribution in [0.5, 0.6) is 5.75 Å². The summed E-state index contributed by atoms with van der Waals surface area (Å²) in [6.45, 7) is 11.5. The Morgan fingerprint density at radius 3 is 2.10 bits per heavy atom. The number of benzene rings is 1. The molecular weight excluding hydrogens is 332 g/mol. The lowest BCUT2D eigenvalue weighted by molar-refractivity contribution is -0.00313. The lowest BCUT2D eigenvalue weighted by atomic mass is 9.92. The molecule has 0 spiro atoms. The first-order valence-electron chi connectivity index (χ1n) is 7.27. The van der Waals surface area contributed by atoms with Crippen LogP contribution >= 0.6 is 15.9 Å². The molecule has 0 bridgehead atoms. The van der Waals surface area contributed by atoms with Gasteiger partial charge in [0.05, 0.1) is 6.10 Å². The van der Waals surface area contributed by atoms with Crippen LogP contribution in [-0.2, 0) is 4.43 Å². The van der Waals surface area contributed by atoms with E-state index >= 15 is 0 Å². The third-order valence-electron chi connectivity index (χ3n) is 4.44. The van der Waals surface area contributed by atoms with E-state index < -0.39 is 8.32 Å². The van der Waals surface area contributed by atoms with Crippen molar-refractivity contribution in [3.8, 4) is 5.75 Å². The van der Waals surface area contributed by atoms with E-state index in [1.807, 2.05) is 24.3 Å². The predicted molar refractivity (Wildman–Crippen MR) is 89.9 cm³/mol. The molecule has 1 fully saturated rings. The molecule has 1 saturated carbocycles. The number of rotatable bonds is 4. The molecule has 0 radical (unpaired) electrons. The van der Waals surface area contributed by atoms with Crippen LogP contribution in [0.4, 0.5) is 0 Å². The van der Waals surface area contributed by atoms with Gasteiger partial charge in [-0.1, -0.05) is 36.7 Å². The predicted octanol–water partition coefficient (Wildman–Crippen LogP) is 5.38. The zero-order valence-electron chi connectivity index (χ0n) is 13.1. The fourth-order valence-corrected chi connectivity index (χ4v) is 3.65. The van der Waals surface area contributed by atoms with E-state index in [1.54, 1.807) is 0 Å². The molecule has 1 aliphatic carbocycles. The van der Waals surface area contributed by atoms with Gasteiger partial charge in [0.15, 0.2) is 8.32 Å². The van der Waals surface area contributed by atoms with Crippen molar-refractivity contribution in [2.75, 3.05) is 0 Å². The van der Waals surface area contributed by atoms with E-state index in [1.165, 1.54) is 0 Å². The molecule has 1 aromatic rings. The monoisotopic (exact) mass is 356 g/mol. The fourth-order valence-electron chi connectivity index (χ4n) is 2.01. The highest BCUT2D eigenvalue weighted by molar-refractivity contribution is 9.10. The molecule has 2 nitrogen and oxygen atoms in total. The van der Waals surface area contributed by atoms with E-state index in [0.29, 0.717) is 12.2 Å². The van der Waals surface area contributed by atoms with Crippen LogP contribution in [0.15, 0.2) is 28.7 Å². The summed E-state index contributed by atoms with van der Waals surface area (Å²) >= 11 is 3.43. The van der Waals surface area contributed by atoms with Crippen LogP contribution in [0.25, 0.3) is 0 Å². The van der Waals surface area contributed by atoms with Crippen LogP contribution in [0.1, 0.15) is 33.6 Å². The van der Waals surface area contributed by atoms with Gasteiger partial charge in [-0.3, -0.25) is 0 Å². The molecule has 0 aliphatic heterocycles. The van der Waals surface area contributed by atoms with Crippen LogP contribution in [-0.4, -0.2) is 20.5 Å². The highest BCUT2D eigenvalue weighted by atomic mass is 79.9. The van der Waals surface area contributed by atoms with Gasteiger partial charge in [0.2, 0.25) is 0 Å². The van der Waals surface area contributed by atoms with Gasteiger partial charge >= 0.3 is 0 Å². The SMILES string of the molecule is CC(C)(C)[Si](C)(C)O[C@H]1C[C@H](Oc2ccc(Br)cc2)C1. The second-order valence-electron chi connectivity index (χ2n) is 7.17. The molecule has 0 amide bonds. The lowest BCUT2D eigenvalue weighted by Gasteiger charge is -2.44. The molecule has 0 unspecified atom stereocenters. The van der Waals surface area contributed by atoms with Crippen LogP contribution in [0.3, 0.4) is 0 Å². The number of ether oxygens (including phenoxy) is 1. The third kappa shape index (κ3) is 3.86. The first-order valence-corrected chi connectivity index (χ1v) is 11.0. The van der Waals surface area contributed by atoms with Gasteiger partial charge in [-0.05, 0) is 42.4 Å². The maximum Gasteiger partial charge on any atom is 0.192 e. The van der Waals surface area contributed by atoms with Crippen molar-refractivity contribution >= 4 is 24.2 Å². The molecule has 0 aromatic heterocycles. The molecule has 0 atom stereocenters. The van der Waals surface area contributed by atoms with Crippen molar-refractivity contribution in [2.45, 2.75) is 64.0 Å².